The number of Topliss-reactive ketones (excluding diaryl/α,β-unsaturated/α-hetero) is 1. The van der Waals surface area contributed by atoms with Crippen molar-refractivity contribution in [2.45, 2.75) is 19.9 Å². The second kappa shape index (κ2) is 5.34. The Bertz CT molecular complexity index is 805. The molecule has 3 nitrogen and oxygen atoms in total. The van der Waals surface area contributed by atoms with E-state index in [1.807, 2.05) is 60.0 Å². The van der Waals surface area contributed by atoms with Gasteiger partial charge >= 0.3 is 0 Å². The van der Waals surface area contributed by atoms with Gasteiger partial charge in [-0.1, -0.05) is 23.7 Å². The second-order valence-corrected chi connectivity index (χ2v) is 5.52. The highest BCUT2D eigenvalue weighted by Crippen LogP contribution is 2.29. The molecule has 0 saturated carbocycles. The molecule has 106 valence electrons. The molecule has 21 heavy (non-hydrogen) atoms. The fourth-order valence-corrected chi connectivity index (χ4v) is 2.55. The first-order valence-corrected chi connectivity index (χ1v) is 7.19. The van der Waals surface area contributed by atoms with Gasteiger partial charge in [0.15, 0.2) is 5.78 Å². The van der Waals surface area contributed by atoms with Crippen LogP contribution in [0.5, 0.6) is 0 Å². The lowest BCUT2D eigenvalue weighted by Gasteiger charge is -2.15. The third kappa shape index (κ3) is 2.45. The van der Waals surface area contributed by atoms with E-state index in [0.29, 0.717) is 5.02 Å². The molecule has 0 aliphatic rings. The van der Waals surface area contributed by atoms with E-state index in [1.54, 1.807) is 6.92 Å². The number of nitrogens with zero attached hydrogens (tertiary/aromatic N) is 2. The Labute approximate surface area is 128 Å². The van der Waals surface area contributed by atoms with Crippen LogP contribution in [0.3, 0.4) is 0 Å². The molecule has 1 heterocycles. The number of aromatic nitrogens is 2. The maximum atomic E-state index is 11.9. The van der Waals surface area contributed by atoms with Gasteiger partial charge in [0.1, 0.15) is 5.82 Å². The molecule has 0 N–H and O–H groups in total. The lowest BCUT2D eigenvalue weighted by Crippen LogP contribution is -2.14. The number of carbonyl (C=O) groups excluding carboxylic acids is 1. The van der Waals surface area contributed by atoms with Crippen molar-refractivity contribution in [2.24, 2.45) is 0 Å². The van der Waals surface area contributed by atoms with E-state index >= 15 is 0 Å². The number of rotatable bonds is 3. The zero-order valence-electron chi connectivity index (χ0n) is 11.9. The van der Waals surface area contributed by atoms with E-state index < -0.39 is 0 Å². The molecule has 0 aliphatic carbocycles. The summed E-state index contributed by atoms with van der Waals surface area (Å²) in [7, 11) is 0. The van der Waals surface area contributed by atoms with Crippen molar-refractivity contribution in [1.29, 1.82) is 0 Å². The number of ketones is 1. The molecule has 2 aromatic carbocycles. The molecule has 0 radical (unpaired) electrons. The summed E-state index contributed by atoms with van der Waals surface area (Å²) in [5.74, 6) is 0.893. The lowest BCUT2D eigenvalue weighted by molar-refractivity contribution is -0.119. The van der Waals surface area contributed by atoms with Crippen LogP contribution in [0.1, 0.15) is 19.9 Å². The maximum absolute atomic E-state index is 11.9. The highest BCUT2D eigenvalue weighted by atomic mass is 35.5. The number of imidazole rings is 1. The Morgan fingerprint density at radius 2 is 1.81 bits per heavy atom. The Kier molecular flexibility index (Phi) is 3.52. The highest BCUT2D eigenvalue weighted by Gasteiger charge is 2.19. The number of hydrogen-bond acceptors (Lipinski definition) is 2. The van der Waals surface area contributed by atoms with Crippen LogP contribution in [-0.4, -0.2) is 15.3 Å². The van der Waals surface area contributed by atoms with E-state index in [0.717, 1.165) is 22.4 Å². The van der Waals surface area contributed by atoms with Crippen molar-refractivity contribution >= 4 is 28.4 Å². The lowest BCUT2D eigenvalue weighted by atomic mass is 10.1. The van der Waals surface area contributed by atoms with Crippen LogP contribution in [0, 0.1) is 0 Å². The fraction of sp³-hybridized carbons (Fsp3) is 0.176. The van der Waals surface area contributed by atoms with Gasteiger partial charge in [0.05, 0.1) is 17.1 Å². The summed E-state index contributed by atoms with van der Waals surface area (Å²) in [6.07, 6.45) is 0. The molecule has 1 unspecified atom stereocenters. The van der Waals surface area contributed by atoms with Crippen LogP contribution < -0.4 is 0 Å². The number of para-hydroxylation sites is 2. The first kappa shape index (κ1) is 13.8. The first-order valence-electron chi connectivity index (χ1n) is 6.81. The van der Waals surface area contributed by atoms with Gasteiger partial charge in [-0.05, 0) is 50.2 Å². The van der Waals surface area contributed by atoms with Crippen molar-refractivity contribution in [3.63, 3.8) is 0 Å². The molecular formula is C17H15ClN2O. The minimum Gasteiger partial charge on any atom is -0.314 e. The van der Waals surface area contributed by atoms with Crippen molar-refractivity contribution in [3.05, 3.63) is 53.6 Å². The van der Waals surface area contributed by atoms with Gasteiger partial charge < -0.3 is 4.57 Å². The van der Waals surface area contributed by atoms with Crippen molar-refractivity contribution < 1.29 is 4.79 Å². The molecule has 4 heteroatoms. The van der Waals surface area contributed by atoms with Crippen LogP contribution >= 0.6 is 11.6 Å². The normalized spacial score (nSPS) is 12.5. The molecular weight excluding hydrogens is 284 g/mol. The highest BCUT2D eigenvalue weighted by molar-refractivity contribution is 6.30. The summed E-state index contributed by atoms with van der Waals surface area (Å²) in [4.78, 5) is 16.5. The molecule has 0 aliphatic heterocycles. The third-order valence-corrected chi connectivity index (χ3v) is 3.93. The van der Waals surface area contributed by atoms with Crippen molar-refractivity contribution in [3.8, 4) is 11.4 Å². The zero-order chi connectivity index (χ0) is 15.0. The van der Waals surface area contributed by atoms with Crippen LogP contribution in [0.25, 0.3) is 22.4 Å². The van der Waals surface area contributed by atoms with Crippen LogP contribution in [-0.2, 0) is 4.79 Å². The predicted octanol–water partition coefficient (Wildman–Crippen LogP) is 4.51. The molecule has 3 rings (SSSR count). The number of carbonyl (C=O) groups is 1. The predicted molar refractivity (Wildman–Crippen MR) is 85.6 cm³/mol. The summed E-state index contributed by atoms with van der Waals surface area (Å²) in [6.45, 7) is 3.50. The summed E-state index contributed by atoms with van der Waals surface area (Å²) in [5, 5.41) is 0.682. The quantitative estimate of drug-likeness (QED) is 0.713. The van der Waals surface area contributed by atoms with Gasteiger partial charge in [0.2, 0.25) is 0 Å². The minimum atomic E-state index is -0.261. The van der Waals surface area contributed by atoms with Crippen LogP contribution in [0.15, 0.2) is 48.5 Å². The molecule has 0 spiro atoms. The largest absolute Gasteiger partial charge is 0.314 e. The summed E-state index contributed by atoms with van der Waals surface area (Å²) in [5.41, 5.74) is 2.80. The molecule has 0 saturated heterocycles. The SMILES string of the molecule is CC(=O)C(C)n1c(-c2ccc(Cl)cc2)nc2ccccc21. The van der Waals surface area contributed by atoms with E-state index in [1.165, 1.54) is 0 Å². The Morgan fingerprint density at radius 1 is 1.14 bits per heavy atom. The fourth-order valence-electron chi connectivity index (χ4n) is 2.42. The maximum Gasteiger partial charge on any atom is 0.152 e. The average Bonchev–Trinajstić information content (AvgIpc) is 2.86. The Hall–Kier alpha value is -2.13. The number of benzene rings is 2. The van der Waals surface area contributed by atoms with E-state index in [9.17, 15) is 4.79 Å². The number of fused-ring (bicyclic) bond motifs is 1. The van der Waals surface area contributed by atoms with Gasteiger partial charge in [-0.2, -0.15) is 0 Å². The average molecular weight is 299 g/mol. The van der Waals surface area contributed by atoms with Gasteiger partial charge in [0, 0.05) is 10.6 Å². The topological polar surface area (TPSA) is 34.9 Å². The summed E-state index contributed by atoms with van der Waals surface area (Å²) >= 11 is 5.95. The second-order valence-electron chi connectivity index (χ2n) is 5.09. The first-order chi connectivity index (χ1) is 10.1. The van der Waals surface area contributed by atoms with Gasteiger partial charge in [-0.15, -0.1) is 0 Å². The third-order valence-electron chi connectivity index (χ3n) is 3.67. The monoisotopic (exact) mass is 298 g/mol. The smallest absolute Gasteiger partial charge is 0.152 e. The number of hydrogen-bond donors (Lipinski definition) is 0. The van der Waals surface area contributed by atoms with Crippen LogP contribution in [0.2, 0.25) is 5.02 Å². The molecule has 0 amide bonds. The van der Waals surface area contributed by atoms with Gasteiger partial charge in [-0.3, -0.25) is 4.79 Å². The van der Waals surface area contributed by atoms with E-state index in [2.05, 4.69) is 4.98 Å². The molecule has 0 bridgehead atoms. The Balaban J connectivity index is 2.28. The zero-order valence-corrected chi connectivity index (χ0v) is 12.6. The minimum absolute atomic E-state index is 0.105. The van der Waals surface area contributed by atoms with Crippen molar-refractivity contribution in [2.75, 3.05) is 0 Å². The summed E-state index contributed by atoms with van der Waals surface area (Å²) < 4.78 is 1.99. The number of halogens is 1. The van der Waals surface area contributed by atoms with Crippen LogP contribution in [0.4, 0.5) is 0 Å². The van der Waals surface area contributed by atoms with E-state index in [4.69, 9.17) is 11.6 Å². The van der Waals surface area contributed by atoms with E-state index in [-0.39, 0.29) is 11.8 Å². The standard InChI is InChI=1S/C17H15ClN2O/c1-11(12(2)21)20-16-6-4-3-5-15(16)19-17(20)13-7-9-14(18)10-8-13/h3-11H,1-2H3. The summed E-state index contributed by atoms with van der Waals surface area (Å²) in [6, 6.07) is 15.1. The van der Waals surface area contributed by atoms with Gasteiger partial charge in [-0.25, -0.2) is 4.98 Å². The molecule has 1 aromatic heterocycles. The Morgan fingerprint density at radius 3 is 2.48 bits per heavy atom. The molecule has 1 atom stereocenters. The van der Waals surface area contributed by atoms with Gasteiger partial charge in [0.25, 0.3) is 0 Å². The molecule has 0 fully saturated rings. The molecule has 3 aromatic rings. The van der Waals surface area contributed by atoms with Crippen molar-refractivity contribution in [1.82, 2.24) is 9.55 Å².